The third-order valence-corrected chi connectivity index (χ3v) is 4.17. The van der Waals surface area contributed by atoms with E-state index in [1.54, 1.807) is 49.6 Å². The molecule has 9 heteroatoms. The minimum Gasteiger partial charge on any atom is -0.497 e. The zero-order valence-electron chi connectivity index (χ0n) is 14.7. The molecule has 2 amide bonds. The first-order chi connectivity index (χ1) is 12.9. The monoisotopic (exact) mass is 451 g/mol. The normalized spacial score (nSPS) is 9.89. The molecule has 0 fully saturated rings. The second kappa shape index (κ2) is 9.89. The largest absolute Gasteiger partial charge is 0.497 e. The summed E-state index contributed by atoms with van der Waals surface area (Å²) < 4.78 is 11.0. The fourth-order valence-corrected chi connectivity index (χ4v) is 2.66. The average Bonchev–Trinajstić information content (AvgIpc) is 2.67. The van der Waals surface area contributed by atoms with Gasteiger partial charge in [-0.3, -0.25) is 25.8 Å². The van der Waals surface area contributed by atoms with Crippen LogP contribution in [-0.2, 0) is 11.2 Å². The molecule has 142 valence electrons. The van der Waals surface area contributed by atoms with Gasteiger partial charge >= 0.3 is 0 Å². The number of halogens is 1. The first-order valence-electron chi connectivity index (χ1n) is 7.79. The predicted octanol–water partition coefficient (Wildman–Crippen LogP) is 2.34. The summed E-state index contributed by atoms with van der Waals surface area (Å²) in [4.78, 5) is 24.3. The Kier molecular flexibility index (Phi) is 7.56. The molecule has 0 aliphatic rings. The minimum atomic E-state index is -0.463. The third kappa shape index (κ3) is 6.22. The molecule has 27 heavy (non-hydrogen) atoms. The van der Waals surface area contributed by atoms with Gasteiger partial charge in [0.1, 0.15) is 11.5 Å². The standard InChI is InChI=1S/C18H18BrN3O4S/c1-25-13-6-3-11(4-7-13)9-16(23)21-22-18(27)20-17(24)14-10-12(19)5-8-15(14)26-2/h3-8,10H,9H2,1-2H3,(H,21,23)(H2,20,22,24,27). The van der Waals surface area contributed by atoms with Crippen LogP contribution in [0.15, 0.2) is 46.9 Å². The number of methoxy groups -OCH3 is 2. The molecule has 2 rings (SSSR count). The van der Waals surface area contributed by atoms with Crippen LogP contribution >= 0.6 is 28.1 Å². The first kappa shape index (κ1) is 20.7. The molecule has 7 nitrogen and oxygen atoms in total. The highest BCUT2D eigenvalue weighted by Gasteiger charge is 2.14. The number of hydrazine groups is 1. The summed E-state index contributed by atoms with van der Waals surface area (Å²) in [6, 6.07) is 12.1. The van der Waals surface area contributed by atoms with Crippen LogP contribution in [0.5, 0.6) is 11.5 Å². The van der Waals surface area contributed by atoms with Gasteiger partial charge in [0.05, 0.1) is 26.2 Å². The van der Waals surface area contributed by atoms with Crippen LogP contribution in [0.4, 0.5) is 0 Å². The second-order valence-corrected chi connectivity index (χ2v) is 6.65. The van der Waals surface area contributed by atoms with Crippen LogP contribution in [0.25, 0.3) is 0 Å². The molecule has 0 bridgehead atoms. The average molecular weight is 452 g/mol. The van der Waals surface area contributed by atoms with E-state index in [1.165, 1.54) is 7.11 Å². The highest BCUT2D eigenvalue weighted by Crippen LogP contribution is 2.22. The number of hydrogen-bond donors (Lipinski definition) is 3. The van der Waals surface area contributed by atoms with Crippen LogP contribution in [0, 0.1) is 0 Å². The Labute approximate surface area is 170 Å². The minimum absolute atomic E-state index is 0.0369. The smallest absolute Gasteiger partial charge is 0.261 e. The molecule has 0 saturated carbocycles. The molecular formula is C18H18BrN3O4S. The Morgan fingerprint density at radius 2 is 1.74 bits per heavy atom. The van der Waals surface area contributed by atoms with Gasteiger partial charge in [-0.25, -0.2) is 0 Å². The maximum absolute atomic E-state index is 12.3. The molecular weight excluding hydrogens is 434 g/mol. The molecule has 0 aliphatic heterocycles. The topological polar surface area (TPSA) is 88.7 Å². The van der Waals surface area contributed by atoms with Gasteiger partial charge < -0.3 is 9.47 Å². The number of nitrogens with one attached hydrogen (secondary N) is 3. The van der Waals surface area contributed by atoms with Gasteiger partial charge in [-0.1, -0.05) is 28.1 Å². The van der Waals surface area contributed by atoms with Crippen molar-refractivity contribution in [3.05, 3.63) is 58.1 Å². The van der Waals surface area contributed by atoms with E-state index in [0.29, 0.717) is 17.1 Å². The van der Waals surface area contributed by atoms with Crippen molar-refractivity contribution >= 4 is 45.1 Å². The van der Waals surface area contributed by atoms with E-state index in [1.807, 2.05) is 0 Å². The molecule has 2 aromatic rings. The number of hydrogen-bond acceptors (Lipinski definition) is 5. The van der Waals surface area contributed by atoms with E-state index in [-0.39, 0.29) is 17.4 Å². The number of ether oxygens (including phenoxy) is 2. The van der Waals surface area contributed by atoms with Crippen molar-refractivity contribution in [2.24, 2.45) is 0 Å². The summed E-state index contributed by atoms with van der Waals surface area (Å²) >= 11 is 8.33. The first-order valence-corrected chi connectivity index (χ1v) is 8.99. The predicted molar refractivity (Wildman–Crippen MR) is 109 cm³/mol. The van der Waals surface area contributed by atoms with E-state index < -0.39 is 5.91 Å². The van der Waals surface area contributed by atoms with Gasteiger partial charge in [0.25, 0.3) is 5.91 Å². The molecule has 0 atom stereocenters. The Bertz CT molecular complexity index is 843. The molecule has 0 radical (unpaired) electrons. The lowest BCUT2D eigenvalue weighted by Gasteiger charge is -2.12. The van der Waals surface area contributed by atoms with Gasteiger partial charge in [0.2, 0.25) is 5.91 Å². The van der Waals surface area contributed by atoms with Crippen LogP contribution < -0.4 is 25.6 Å². The van der Waals surface area contributed by atoms with Crippen LogP contribution in [0.1, 0.15) is 15.9 Å². The lowest BCUT2D eigenvalue weighted by atomic mass is 10.1. The Balaban J connectivity index is 1.85. The van der Waals surface area contributed by atoms with Gasteiger partial charge in [-0.05, 0) is 48.1 Å². The van der Waals surface area contributed by atoms with Crippen LogP contribution in [0.3, 0.4) is 0 Å². The Morgan fingerprint density at radius 3 is 2.37 bits per heavy atom. The summed E-state index contributed by atoms with van der Waals surface area (Å²) in [6.07, 6.45) is 0.146. The molecule has 0 heterocycles. The molecule has 2 aromatic carbocycles. The number of benzene rings is 2. The number of carbonyl (C=O) groups excluding carboxylic acids is 2. The van der Waals surface area contributed by atoms with Crippen molar-refractivity contribution < 1.29 is 19.1 Å². The second-order valence-electron chi connectivity index (χ2n) is 5.33. The van der Waals surface area contributed by atoms with E-state index >= 15 is 0 Å². The van der Waals surface area contributed by atoms with Crippen molar-refractivity contribution in [2.45, 2.75) is 6.42 Å². The van der Waals surface area contributed by atoms with Crippen molar-refractivity contribution in [2.75, 3.05) is 14.2 Å². The van der Waals surface area contributed by atoms with Crippen molar-refractivity contribution in [3.8, 4) is 11.5 Å². The van der Waals surface area contributed by atoms with Gasteiger partial charge in [-0.2, -0.15) is 0 Å². The lowest BCUT2D eigenvalue weighted by Crippen LogP contribution is -2.48. The summed E-state index contributed by atoms with van der Waals surface area (Å²) in [5.74, 6) is 0.345. The zero-order valence-corrected chi connectivity index (χ0v) is 17.1. The number of amides is 2. The Morgan fingerprint density at radius 1 is 1.04 bits per heavy atom. The fourth-order valence-electron chi connectivity index (χ4n) is 2.16. The molecule has 0 spiro atoms. The number of thiocarbonyl (C=S) groups is 1. The number of carbonyl (C=O) groups is 2. The quantitative estimate of drug-likeness (QED) is 0.477. The Hall–Kier alpha value is -2.65. The van der Waals surface area contributed by atoms with E-state index in [2.05, 4.69) is 32.1 Å². The molecule has 3 N–H and O–H groups in total. The van der Waals surface area contributed by atoms with Crippen molar-refractivity contribution in [1.29, 1.82) is 0 Å². The molecule has 0 aliphatic carbocycles. The van der Waals surface area contributed by atoms with Gasteiger partial charge in [-0.15, -0.1) is 0 Å². The van der Waals surface area contributed by atoms with E-state index in [4.69, 9.17) is 21.7 Å². The maximum atomic E-state index is 12.3. The summed E-state index contributed by atoms with van der Waals surface area (Å²) in [7, 11) is 3.04. The zero-order chi connectivity index (χ0) is 19.8. The highest BCUT2D eigenvalue weighted by molar-refractivity contribution is 9.10. The molecule has 0 unspecified atom stereocenters. The van der Waals surface area contributed by atoms with Gasteiger partial charge in [0, 0.05) is 4.47 Å². The number of rotatable bonds is 5. The maximum Gasteiger partial charge on any atom is 0.261 e. The van der Waals surface area contributed by atoms with Gasteiger partial charge in [0.15, 0.2) is 5.11 Å². The summed E-state index contributed by atoms with van der Waals surface area (Å²) in [6.45, 7) is 0. The lowest BCUT2D eigenvalue weighted by molar-refractivity contribution is -0.121. The molecule has 0 aromatic heterocycles. The van der Waals surface area contributed by atoms with Crippen LogP contribution in [-0.4, -0.2) is 31.1 Å². The summed E-state index contributed by atoms with van der Waals surface area (Å²) in [5.41, 5.74) is 6.06. The van der Waals surface area contributed by atoms with Crippen LogP contribution in [0.2, 0.25) is 0 Å². The molecule has 0 saturated heterocycles. The van der Waals surface area contributed by atoms with E-state index in [0.717, 1.165) is 10.0 Å². The summed E-state index contributed by atoms with van der Waals surface area (Å²) in [5, 5.41) is 2.44. The fraction of sp³-hybridized carbons (Fsp3) is 0.167. The SMILES string of the molecule is COc1ccc(CC(=O)NNC(=S)NC(=O)c2cc(Br)ccc2OC)cc1. The van der Waals surface area contributed by atoms with Crippen molar-refractivity contribution in [3.63, 3.8) is 0 Å². The van der Waals surface area contributed by atoms with E-state index in [9.17, 15) is 9.59 Å². The highest BCUT2D eigenvalue weighted by atomic mass is 79.9. The third-order valence-electron chi connectivity index (χ3n) is 3.47. The van der Waals surface area contributed by atoms with Crippen molar-refractivity contribution in [1.82, 2.24) is 16.2 Å².